The summed E-state index contributed by atoms with van der Waals surface area (Å²) in [6, 6.07) is 28.0. The van der Waals surface area contributed by atoms with Crippen molar-refractivity contribution in [2.75, 3.05) is 89.5 Å². The molecule has 6 heterocycles. The number of likely N-dealkylation sites (N-methyl/N-ethyl adjacent to an activating group) is 2. The molecule has 0 aliphatic carbocycles. The van der Waals surface area contributed by atoms with Crippen molar-refractivity contribution in [2.45, 2.75) is 125 Å². The topological polar surface area (TPSA) is 207 Å². The first-order valence-corrected chi connectivity index (χ1v) is 33.3. The zero-order chi connectivity index (χ0) is 64.9. The average Bonchev–Trinajstić information content (AvgIpc) is 1.77. The summed E-state index contributed by atoms with van der Waals surface area (Å²) in [5, 5.41) is 18.4. The van der Waals surface area contributed by atoms with Crippen LogP contribution in [0.5, 0.6) is 5.75 Å². The van der Waals surface area contributed by atoms with Gasteiger partial charge in [-0.3, -0.25) is 14.4 Å². The minimum Gasteiger partial charge on any atom is -0.444 e. The van der Waals surface area contributed by atoms with Crippen molar-refractivity contribution in [2.24, 2.45) is 0 Å². The van der Waals surface area contributed by atoms with E-state index >= 15 is 0 Å². The number of amides is 4. The molecule has 2 fully saturated rings. The maximum Gasteiger partial charge on any atom is 0.410 e. The van der Waals surface area contributed by atoms with Crippen LogP contribution in [0, 0.1) is 21.3 Å². The van der Waals surface area contributed by atoms with Crippen LogP contribution in [0.2, 0.25) is 0 Å². The summed E-state index contributed by atoms with van der Waals surface area (Å²) >= 11 is 6.25. The Morgan fingerprint density at radius 2 is 1.01 bits per heavy atom. The number of piperidine rings is 2. The molecule has 2 aliphatic rings. The third-order valence-electron chi connectivity index (χ3n) is 15.6. The van der Waals surface area contributed by atoms with Gasteiger partial charge in [0.1, 0.15) is 17.0 Å². The van der Waals surface area contributed by atoms with E-state index in [1.54, 1.807) is 46.6 Å². The summed E-state index contributed by atoms with van der Waals surface area (Å²) < 4.78 is 20.9. The zero-order valence-corrected chi connectivity index (χ0v) is 59.3. The summed E-state index contributed by atoms with van der Waals surface area (Å²) in [5.41, 5.74) is 8.09. The standard InChI is InChI=1S/C36H45N3O4S2.C30H39N3O6S2.CO2.CH3.Pd/c1-7-39(28-13-15-38(16-14-28)35(42)43-36(3,4)5)29-21-27(20-26(24(29)2)19-25-11-9-8-10-12-25)30-22-31-32(44-30)23-33(45-31)34(41)37(6)17-18-40;1-7-33(21-8-10-32(11-9-21)29(37)39-30(3,4)5)22-14-20(15-23(19(22)2)38-18-35)24-16-25-26(40-24)17-27(41-25)28(36)31(6)12-13-34;2-1-3;;/h8-12,20-23,28,40H,7,13-19H2,1-6H3;14-18,21,34H,7-13H2,1-6H3;;1H3;/q;;;-1;. The van der Waals surface area contributed by atoms with Gasteiger partial charge >= 0.3 is 18.3 Å². The van der Waals surface area contributed by atoms with E-state index in [-0.39, 0.29) is 83.8 Å². The van der Waals surface area contributed by atoms with Gasteiger partial charge in [0.05, 0.1) is 23.0 Å². The van der Waals surface area contributed by atoms with E-state index in [0.717, 1.165) is 85.7 Å². The fraction of sp³-hybridized carbons (Fsp3) is 0.456. The van der Waals surface area contributed by atoms with Crippen molar-refractivity contribution in [3.05, 3.63) is 118 Å². The zero-order valence-electron chi connectivity index (χ0n) is 54.5. The molecule has 2 N–H and O–H groups in total. The Morgan fingerprint density at radius 1 is 0.615 bits per heavy atom. The summed E-state index contributed by atoms with van der Waals surface area (Å²) in [6.45, 7) is 25.0. The van der Waals surface area contributed by atoms with Crippen molar-refractivity contribution in [3.63, 3.8) is 0 Å². The number of ether oxygens (including phenoxy) is 3. The van der Waals surface area contributed by atoms with Crippen LogP contribution in [0.4, 0.5) is 21.0 Å². The Kier molecular flexibility index (Phi) is 28.0. The van der Waals surface area contributed by atoms with Gasteiger partial charge in [-0.05, 0) is 178 Å². The molecule has 3 aromatic carbocycles. The number of hydrogen-bond acceptors (Lipinski definition) is 18. The molecule has 7 aromatic rings. The number of aliphatic hydroxyl groups excluding tert-OH is 2. The number of carbonyl (C=O) groups is 5. The molecule has 0 atom stereocenters. The van der Waals surface area contributed by atoms with Crippen molar-refractivity contribution >= 4 is 112 Å². The number of carbonyl (C=O) groups excluding carboxylic acids is 7. The molecule has 23 heteroatoms. The van der Waals surface area contributed by atoms with Crippen LogP contribution in [0.15, 0.2) is 78.9 Å². The van der Waals surface area contributed by atoms with Gasteiger partial charge in [-0.15, -0.1) is 45.3 Å². The average molecular weight is 1420 g/mol. The molecule has 2 saturated heterocycles. The fourth-order valence-corrected chi connectivity index (χ4v) is 15.9. The number of anilines is 2. The molecular weight excluding hydrogens is 1330 g/mol. The van der Waals surface area contributed by atoms with E-state index in [1.165, 1.54) is 60.4 Å². The van der Waals surface area contributed by atoms with Gasteiger partial charge in [-0.2, -0.15) is 9.59 Å². The first-order chi connectivity index (χ1) is 42.3. The van der Waals surface area contributed by atoms with Crippen molar-refractivity contribution in [1.29, 1.82) is 0 Å². The molecule has 0 unspecified atom stereocenters. The predicted molar refractivity (Wildman–Crippen MR) is 363 cm³/mol. The van der Waals surface area contributed by atoms with Crippen LogP contribution in [-0.2, 0) is 50.7 Å². The molecular formula is C68H87N6O12PdS4-. The largest absolute Gasteiger partial charge is 0.444 e. The third-order valence-corrected chi connectivity index (χ3v) is 20.3. The molecule has 0 spiro atoms. The third kappa shape index (κ3) is 19.5. The Balaban J connectivity index is 0.000000312. The number of likely N-dealkylation sites (tertiary alicyclic amines) is 2. The van der Waals surface area contributed by atoms with Gasteiger partial charge in [0.2, 0.25) is 0 Å². The van der Waals surface area contributed by atoms with Crippen molar-refractivity contribution in [3.8, 4) is 26.6 Å². The van der Waals surface area contributed by atoms with Crippen LogP contribution < -0.4 is 14.5 Å². The minimum absolute atomic E-state index is 0. The van der Waals surface area contributed by atoms with Crippen LogP contribution >= 0.6 is 45.3 Å². The molecule has 91 heavy (non-hydrogen) atoms. The van der Waals surface area contributed by atoms with Crippen molar-refractivity contribution < 1.29 is 78.4 Å². The Labute approximate surface area is 565 Å². The summed E-state index contributed by atoms with van der Waals surface area (Å²) in [5.74, 6) is 0.345. The van der Waals surface area contributed by atoms with Gasteiger partial charge in [0, 0.05) is 144 Å². The number of aliphatic hydroxyl groups is 2. The minimum atomic E-state index is -0.528. The van der Waals surface area contributed by atoms with Gasteiger partial charge in [0.15, 0.2) is 0 Å². The number of nitrogens with zero attached hydrogens (tertiary/aromatic N) is 6. The molecule has 2 aliphatic heterocycles. The summed E-state index contributed by atoms with van der Waals surface area (Å²) in [6.07, 6.45) is 3.98. The van der Waals surface area contributed by atoms with E-state index in [1.807, 2.05) is 71.6 Å². The Morgan fingerprint density at radius 3 is 1.38 bits per heavy atom. The number of hydrogen-bond donors (Lipinski definition) is 2. The SMILES string of the molecule is CCN(c1cc(-c2cc3sc(C(=O)N(C)CCO)cc3s2)cc(Cc2ccccc2)c1C)C1CCN(C(=O)OC(C)(C)C)CC1.CCN(c1cc(-c2cc3sc(C(=O)N(C)CCO)cc3s2)cc(OC=O)c1C)C1CCN(C(=O)OC(C)(C)C)CC1.O=C=O.[CH3-].[Pd]. The molecule has 0 bridgehead atoms. The second-order valence-electron chi connectivity index (χ2n) is 24.1. The van der Waals surface area contributed by atoms with E-state index < -0.39 is 11.2 Å². The molecule has 4 amide bonds. The molecule has 0 radical (unpaired) electrons. The van der Waals surface area contributed by atoms with Gasteiger partial charge < -0.3 is 61.2 Å². The fourth-order valence-electron chi connectivity index (χ4n) is 11.2. The van der Waals surface area contributed by atoms with Crippen LogP contribution in [0.25, 0.3) is 39.7 Å². The van der Waals surface area contributed by atoms with E-state index in [9.17, 15) is 29.1 Å². The second-order valence-corrected chi connectivity index (χ2v) is 28.5. The van der Waals surface area contributed by atoms with Crippen molar-refractivity contribution in [1.82, 2.24) is 19.6 Å². The molecule has 9 rings (SSSR count). The maximum atomic E-state index is 12.8. The second kappa shape index (κ2) is 33.9. The summed E-state index contributed by atoms with van der Waals surface area (Å²) in [4.78, 5) is 93.6. The normalized spacial score (nSPS) is 13.5. The molecule has 0 saturated carbocycles. The molecule has 496 valence electrons. The van der Waals surface area contributed by atoms with Crippen LogP contribution in [-0.4, -0.2) is 169 Å². The summed E-state index contributed by atoms with van der Waals surface area (Å²) in [7, 11) is 3.40. The maximum absolute atomic E-state index is 12.8. The van der Waals surface area contributed by atoms with E-state index in [4.69, 9.17) is 28.9 Å². The molecule has 4 aromatic heterocycles. The van der Waals surface area contributed by atoms with Crippen LogP contribution in [0.3, 0.4) is 0 Å². The number of fused-ring (bicyclic) bond motifs is 2. The number of thiophene rings is 4. The predicted octanol–water partition coefficient (Wildman–Crippen LogP) is 13.4. The smallest absolute Gasteiger partial charge is 0.410 e. The Bertz CT molecular complexity index is 3540. The monoisotopic (exact) mass is 1410 g/mol. The van der Waals surface area contributed by atoms with Gasteiger partial charge in [0.25, 0.3) is 18.3 Å². The van der Waals surface area contributed by atoms with E-state index in [2.05, 4.69) is 91.2 Å². The quantitative estimate of drug-likeness (QED) is 0.0466. The molecule has 18 nitrogen and oxygen atoms in total. The first kappa shape index (κ1) is 75.2. The van der Waals surface area contributed by atoms with Gasteiger partial charge in [-0.25, -0.2) is 9.59 Å². The number of benzene rings is 3. The van der Waals surface area contributed by atoms with Gasteiger partial charge in [-0.1, -0.05) is 30.3 Å². The first-order valence-electron chi connectivity index (χ1n) is 30.0. The Hall–Kier alpha value is -6.51. The van der Waals surface area contributed by atoms with E-state index in [0.29, 0.717) is 60.7 Å². The van der Waals surface area contributed by atoms with Crippen LogP contribution in [0.1, 0.15) is 123 Å². The number of rotatable bonds is 18.